The summed E-state index contributed by atoms with van der Waals surface area (Å²) >= 11 is 11.8. The monoisotopic (exact) mass is 248 g/mol. The summed E-state index contributed by atoms with van der Waals surface area (Å²) in [5.41, 5.74) is 0.684. The first-order valence-electron chi connectivity index (χ1n) is 4.28. The second kappa shape index (κ2) is 5.24. The minimum Gasteiger partial charge on any atom is -0.495 e. The van der Waals surface area contributed by atoms with E-state index in [1.54, 1.807) is 12.1 Å². The zero-order valence-electron chi connectivity index (χ0n) is 8.09. The Labute approximate surface area is 97.6 Å². The van der Waals surface area contributed by atoms with Gasteiger partial charge in [-0.05, 0) is 18.1 Å². The fraction of sp³-hybridized carbons (Fsp3) is 0.300. The summed E-state index contributed by atoms with van der Waals surface area (Å²) in [6, 6.07) is 3.24. The number of methoxy groups -OCH3 is 1. The van der Waals surface area contributed by atoms with E-state index in [0.717, 1.165) is 0 Å². The number of carboxylic acid groups (broad SMARTS) is 1. The molecule has 1 rings (SSSR count). The number of rotatable bonds is 4. The van der Waals surface area contributed by atoms with Crippen LogP contribution in [0.15, 0.2) is 12.1 Å². The summed E-state index contributed by atoms with van der Waals surface area (Å²) < 4.78 is 5.01. The average Bonchev–Trinajstić information content (AvgIpc) is 2.18. The Morgan fingerprint density at radius 1 is 1.47 bits per heavy atom. The van der Waals surface area contributed by atoms with Crippen LogP contribution in [0.4, 0.5) is 0 Å². The van der Waals surface area contributed by atoms with Crippen LogP contribution in [0.3, 0.4) is 0 Å². The molecule has 82 valence electrons. The zero-order valence-corrected chi connectivity index (χ0v) is 9.60. The van der Waals surface area contributed by atoms with Gasteiger partial charge < -0.3 is 9.84 Å². The number of halogens is 2. The average molecular weight is 249 g/mol. The van der Waals surface area contributed by atoms with Crippen LogP contribution < -0.4 is 4.74 Å². The molecule has 1 aromatic rings. The van der Waals surface area contributed by atoms with Gasteiger partial charge in [0.1, 0.15) is 5.75 Å². The molecule has 0 saturated heterocycles. The van der Waals surface area contributed by atoms with Crippen molar-refractivity contribution < 1.29 is 14.6 Å². The Hall–Kier alpha value is -0.930. The summed E-state index contributed by atoms with van der Waals surface area (Å²) in [5, 5.41) is 9.46. The van der Waals surface area contributed by atoms with Crippen molar-refractivity contribution in [2.75, 3.05) is 7.11 Å². The molecule has 1 aromatic carbocycles. The number of ether oxygens (including phenoxy) is 1. The van der Waals surface area contributed by atoms with Crippen LogP contribution in [0.1, 0.15) is 12.0 Å². The van der Waals surface area contributed by atoms with E-state index in [0.29, 0.717) is 27.8 Å². The van der Waals surface area contributed by atoms with Gasteiger partial charge >= 0.3 is 5.97 Å². The van der Waals surface area contributed by atoms with E-state index in [9.17, 15) is 4.79 Å². The van der Waals surface area contributed by atoms with Crippen LogP contribution in [0.2, 0.25) is 10.0 Å². The molecule has 0 spiro atoms. The summed E-state index contributed by atoms with van der Waals surface area (Å²) in [5.74, 6) is -0.408. The normalized spacial score (nSPS) is 10.1. The van der Waals surface area contributed by atoms with E-state index in [2.05, 4.69) is 0 Å². The van der Waals surface area contributed by atoms with Gasteiger partial charge in [0, 0.05) is 17.5 Å². The van der Waals surface area contributed by atoms with Crippen LogP contribution in [-0.4, -0.2) is 18.2 Å². The SMILES string of the molecule is COc1cc(Cl)cc(CCC(=O)O)c1Cl. The van der Waals surface area contributed by atoms with E-state index in [1.807, 2.05) is 0 Å². The lowest BCUT2D eigenvalue weighted by Gasteiger charge is -2.08. The van der Waals surface area contributed by atoms with Gasteiger partial charge in [0.2, 0.25) is 0 Å². The van der Waals surface area contributed by atoms with Crippen LogP contribution in [-0.2, 0) is 11.2 Å². The number of benzene rings is 1. The molecule has 0 fully saturated rings. The fourth-order valence-electron chi connectivity index (χ4n) is 1.19. The number of aliphatic carboxylic acids is 1. The molecule has 0 aliphatic carbocycles. The molecular formula is C10H10Cl2O3. The smallest absolute Gasteiger partial charge is 0.303 e. The van der Waals surface area contributed by atoms with Crippen molar-refractivity contribution in [2.45, 2.75) is 12.8 Å². The van der Waals surface area contributed by atoms with Crippen molar-refractivity contribution >= 4 is 29.2 Å². The van der Waals surface area contributed by atoms with Crippen LogP contribution in [0.25, 0.3) is 0 Å². The lowest BCUT2D eigenvalue weighted by Crippen LogP contribution is -1.99. The Morgan fingerprint density at radius 3 is 2.67 bits per heavy atom. The van der Waals surface area contributed by atoms with Crippen molar-refractivity contribution in [3.63, 3.8) is 0 Å². The maximum Gasteiger partial charge on any atom is 0.303 e. The third-order valence-electron chi connectivity index (χ3n) is 1.91. The minimum absolute atomic E-state index is 0.0171. The number of carboxylic acids is 1. The second-order valence-electron chi connectivity index (χ2n) is 2.97. The van der Waals surface area contributed by atoms with Gasteiger partial charge in [0.15, 0.2) is 0 Å². The second-order valence-corrected chi connectivity index (χ2v) is 3.79. The van der Waals surface area contributed by atoms with Gasteiger partial charge in [0.25, 0.3) is 0 Å². The molecular weight excluding hydrogens is 239 g/mol. The molecule has 15 heavy (non-hydrogen) atoms. The first-order chi connectivity index (χ1) is 7.04. The summed E-state index contributed by atoms with van der Waals surface area (Å²) in [7, 11) is 1.48. The number of hydrogen-bond donors (Lipinski definition) is 1. The van der Waals surface area contributed by atoms with Gasteiger partial charge in [-0.15, -0.1) is 0 Å². The van der Waals surface area contributed by atoms with Crippen LogP contribution >= 0.6 is 23.2 Å². The molecule has 1 N–H and O–H groups in total. The van der Waals surface area contributed by atoms with E-state index in [1.165, 1.54) is 7.11 Å². The highest BCUT2D eigenvalue weighted by Gasteiger charge is 2.10. The highest BCUT2D eigenvalue weighted by Crippen LogP contribution is 2.32. The predicted molar refractivity (Wildman–Crippen MR) is 59.0 cm³/mol. The molecule has 0 bridgehead atoms. The quantitative estimate of drug-likeness (QED) is 0.892. The fourth-order valence-corrected chi connectivity index (χ4v) is 1.70. The largest absolute Gasteiger partial charge is 0.495 e. The molecule has 0 unspecified atom stereocenters. The molecule has 0 aromatic heterocycles. The summed E-state index contributed by atoms with van der Waals surface area (Å²) in [6.07, 6.45) is 0.355. The van der Waals surface area contributed by atoms with Crippen molar-refractivity contribution in [1.82, 2.24) is 0 Å². The van der Waals surface area contributed by atoms with E-state index >= 15 is 0 Å². The number of carbonyl (C=O) groups is 1. The molecule has 0 aliphatic rings. The van der Waals surface area contributed by atoms with Crippen molar-refractivity contribution in [3.05, 3.63) is 27.7 Å². The third-order valence-corrected chi connectivity index (χ3v) is 2.55. The highest BCUT2D eigenvalue weighted by atomic mass is 35.5. The van der Waals surface area contributed by atoms with Gasteiger partial charge in [-0.1, -0.05) is 23.2 Å². The van der Waals surface area contributed by atoms with Gasteiger partial charge in [-0.3, -0.25) is 4.79 Å². The first kappa shape index (κ1) is 12.1. The summed E-state index contributed by atoms with van der Waals surface area (Å²) in [4.78, 5) is 10.4. The van der Waals surface area contributed by atoms with E-state index < -0.39 is 5.97 Å². The zero-order chi connectivity index (χ0) is 11.4. The third kappa shape index (κ3) is 3.29. The predicted octanol–water partition coefficient (Wildman–Crippen LogP) is 3.02. The molecule has 0 atom stereocenters. The van der Waals surface area contributed by atoms with Crippen LogP contribution in [0.5, 0.6) is 5.75 Å². The van der Waals surface area contributed by atoms with Gasteiger partial charge in [-0.25, -0.2) is 0 Å². The standard InChI is InChI=1S/C10H10Cl2O3/c1-15-8-5-7(11)4-6(10(8)12)2-3-9(13)14/h4-5H,2-3H2,1H3,(H,13,14). The molecule has 0 aliphatic heterocycles. The molecule has 0 amide bonds. The number of aryl methyl sites for hydroxylation is 1. The van der Waals surface area contributed by atoms with Crippen molar-refractivity contribution in [1.29, 1.82) is 0 Å². The molecule has 0 saturated carbocycles. The van der Waals surface area contributed by atoms with E-state index in [4.69, 9.17) is 33.0 Å². The van der Waals surface area contributed by atoms with Crippen LogP contribution in [0, 0.1) is 0 Å². The maximum absolute atomic E-state index is 10.4. The van der Waals surface area contributed by atoms with Gasteiger partial charge in [0.05, 0.1) is 12.1 Å². The topological polar surface area (TPSA) is 46.5 Å². The Morgan fingerprint density at radius 2 is 2.13 bits per heavy atom. The maximum atomic E-state index is 10.4. The first-order valence-corrected chi connectivity index (χ1v) is 5.04. The molecule has 3 nitrogen and oxygen atoms in total. The van der Waals surface area contributed by atoms with Crippen molar-refractivity contribution in [2.24, 2.45) is 0 Å². The number of hydrogen-bond acceptors (Lipinski definition) is 2. The Bertz CT molecular complexity index is 377. The lowest BCUT2D eigenvalue weighted by molar-refractivity contribution is -0.136. The van der Waals surface area contributed by atoms with Crippen molar-refractivity contribution in [3.8, 4) is 5.75 Å². The van der Waals surface area contributed by atoms with Gasteiger partial charge in [-0.2, -0.15) is 0 Å². The molecule has 5 heteroatoms. The Balaban J connectivity index is 2.95. The lowest BCUT2D eigenvalue weighted by atomic mass is 10.1. The Kier molecular flexibility index (Phi) is 4.24. The molecule has 0 heterocycles. The minimum atomic E-state index is -0.870. The summed E-state index contributed by atoms with van der Waals surface area (Å²) in [6.45, 7) is 0. The molecule has 0 radical (unpaired) electrons. The highest BCUT2D eigenvalue weighted by molar-refractivity contribution is 6.34. The van der Waals surface area contributed by atoms with E-state index in [-0.39, 0.29) is 6.42 Å².